The van der Waals surface area contributed by atoms with Gasteiger partial charge >= 0.3 is 51.4 Å². The summed E-state index contributed by atoms with van der Waals surface area (Å²) >= 11 is 0. The molecular weight excluding hydrogens is 157 g/mol. The normalized spacial score (nSPS) is 10.2. The SMILES string of the molecule is NCCS(=O)(=O)[O-].[K+]. The van der Waals surface area contributed by atoms with Crippen LogP contribution in [-0.2, 0) is 10.1 Å². The minimum absolute atomic E-state index is 0. The van der Waals surface area contributed by atoms with Crippen LogP contribution in [0.25, 0.3) is 0 Å². The quantitative estimate of drug-likeness (QED) is 0.328. The van der Waals surface area contributed by atoms with Gasteiger partial charge in [0.05, 0.1) is 15.9 Å². The zero-order valence-corrected chi connectivity index (χ0v) is 8.56. The smallest absolute Gasteiger partial charge is 0.748 e. The molecule has 0 amide bonds. The Balaban J connectivity index is 0. The molecule has 44 valence electrons. The first-order valence-corrected chi connectivity index (χ1v) is 3.27. The Morgan fingerprint density at radius 1 is 1.50 bits per heavy atom. The van der Waals surface area contributed by atoms with Crippen LogP contribution in [0, 0.1) is 0 Å². The maximum Gasteiger partial charge on any atom is 1.00 e. The van der Waals surface area contributed by atoms with Gasteiger partial charge in [-0.2, -0.15) is 0 Å². The van der Waals surface area contributed by atoms with Crippen LogP contribution in [0.2, 0.25) is 0 Å². The molecule has 4 nitrogen and oxygen atoms in total. The average Bonchev–Trinajstić information content (AvgIpc) is 1.30. The Morgan fingerprint density at radius 3 is 1.88 bits per heavy atom. The minimum atomic E-state index is -4.05. The van der Waals surface area contributed by atoms with Gasteiger partial charge in [-0.05, 0) is 0 Å². The van der Waals surface area contributed by atoms with E-state index in [2.05, 4.69) is 0 Å². The average molecular weight is 163 g/mol. The fourth-order valence-corrected chi connectivity index (χ4v) is 0.433. The molecule has 0 radical (unpaired) electrons. The van der Waals surface area contributed by atoms with Crippen molar-refractivity contribution in [3.63, 3.8) is 0 Å². The monoisotopic (exact) mass is 163 g/mol. The molecule has 0 aliphatic heterocycles. The largest absolute Gasteiger partial charge is 1.00 e. The summed E-state index contributed by atoms with van der Waals surface area (Å²) in [5.41, 5.74) is 4.74. The number of hydrogen-bond acceptors (Lipinski definition) is 4. The molecule has 2 N–H and O–H groups in total. The predicted molar refractivity (Wildman–Crippen MR) is 23.6 cm³/mol. The van der Waals surface area contributed by atoms with Crippen molar-refractivity contribution in [3.05, 3.63) is 0 Å². The van der Waals surface area contributed by atoms with Crippen LogP contribution in [0.3, 0.4) is 0 Å². The van der Waals surface area contributed by atoms with Crippen molar-refractivity contribution >= 4 is 10.1 Å². The van der Waals surface area contributed by atoms with Crippen LogP contribution < -0.4 is 57.1 Å². The predicted octanol–water partition coefficient (Wildman–Crippen LogP) is -4.51. The van der Waals surface area contributed by atoms with E-state index in [4.69, 9.17) is 5.73 Å². The molecule has 0 atom stereocenters. The molecular formula is C2H6KNO3S. The fraction of sp³-hybridized carbons (Fsp3) is 1.00. The topological polar surface area (TPSA) is 83.2 Å². The molecule has 0 saturated carbocycles. The first-order valence-electron chi connectivity index (χ1n) is 1.70. The molecule has 0 aliphatic rings. The van der Waals surface area contributed by atoms with E-state index in [1.165, 1.54) is 0 Å². The van der Waals surface area contributed by atoms with Crippen molar-refractivity contribution in [1.82, 2.24) is 0 Å². The summed E-state index contributed by atoms with van der Waals surface area (Å²) in [6.45, 7) is -0.0914. The van der Waals surface area contributed by atoms with Crippen LogP contribution in [0.5, 0.6) is 0 Å². The van der Waals surface area contributed by atoms with E-state index in [9.17, 15) is 13.0 Å². The van der Waals surface area contributed by atoms with Crippen molar-refractivity contribution in [2.45, 2.75) is 0 Å². The first kappa shape index (κ1) is 12.2. The Morgan fingerprint density at radius 2 is 1.88 bits per heavy atom. The molecule has 0 saturated heterocycles. The third-order valence-corrected chi connectivity index (χ3v) is 1.10. The second-order valence-electron chi connectivity index (χ2n) is 1.05. The van der Waals surface area contributed by atoms with Crippen LogP contribution in [-0.4, -0.2) is 25.3 Å². The van der Waals surface area contributed by atoms with Crippen LogP contribution in [0.15, 0.2) is 0 Å². The molecule has 0 spiro atoms. The molecule has 0 rings (SSSR count). The summed E-state index contributed by atoms with van der Waals surface area (Å²) < 4.78 is 28.8. The van der Waals surface area contributed by atoms with Gasteiger partial charge in [-0.3, -0.25) is 0 Å². The van der Waals surface area contributed by atoms with Gasteiger partial charge in [0.25, 0.3) is 0 Å². The first-order chi connectivity index (χ1) is 3.06. The zero-order valence-electron chi connectivity index (χ0n) is 4.62. The van der Waals surface area contributed by atoms with E-state index in [1.54, 1.807) is 0 Å². The minimum Gasteiger partial charge on any atom is -0.748 e. The van der Waals surface area contributed by atoms with E-state index in [-0.39, 0.29) is 57.9 Å². The molecule has 0 aromatic carbocycles. The standard InChI is InChI=1S/C2H7NO3S.K/c3-1-2-7(4,5)6;/h1-3H2,(H,4,5,6);/q;+1/p-1. The van der Waals surface area contributed by atoms with Crippen molar-refractivity contribution in [2.24, 2.45) is 5.73 Å². The van der Waals surface area contributed by atoms with Crippen molar-refractivity contribution in [1.29, 1.82) is 0 Å². The Labute approximate surface area is 91.0 Å². The summed E-state index contributed by atoms with van der Waals surface area (Å²) in [6.07, 6.45) is 0. The van der Waals surface area contributed by atoms with E-state index in [0.29, 0.717) is 0 Å². The van der Waals surface area contributed by atoms with Gasteiger partial charge in [-0.1, -0.05) is 0 Å². The summed E-state index contributed by atoms with van der Waals surface area (Å²) in [6, 6.07) is 0. The van der Waals surface area contributed by atoms with Crippen LogP contribution in [0.1, 0.15) is 0 Å². The van der Waals surface area contributed by atoms with Crippen molar-refractivity contribution in [2.75, 3.05) is 12.3 Å². The van der Waals surface area contributed by atoms with Crippen molar-refractivity contribution in [3.8, 4) is 0 Å². The molecule has 8 heavy (non-hydrogen) atoms. The Bertz CT molecular complexity index is 130. The van der Waals surface area contributed by atoms with Gasteiger partial charge in [0.2, 0.25) is 0 Å². The Hall–Kier alpha value is 1.51. The van der Waals surface area contributed by atoms with Gasteiger partial charge in [0.1, 0.15) is 0 Å². The molecule has 0 unspecified atom stereocenters. The molecule has 0 aromatic heterocycles. The van der Waals surface area contributed by atoms with Gasteiger partial charge in [0, 0.05) is 6.54 Å². The zero-order chi connectivity index (χ0) is 5.91. The molecule has 0 bridgehead atoms. The molecule has 0 aliphatic carbocycles. The summed E-state index contributed by atoms with van der Waals surface area (Å²) in [5.74, 6) is -0.465. The number of nitrogens with two attached hydrogens (primary N) is 1. The van der Waals surface area contributed by atoms with E-state index < -0.39 is 15.9 Å². The molecule has 0 aromatic rings. The van der Waals surface area contributed by atoms with Crippen molar-refractivity contribution < 1.29 is 64.4 Å². The maximum absolute atomic E-state index is 9.60. The third-order valence-electron chi connectivity index (χ3n) is 0.368. The van der Waals surface area contributed by atoms with E-state index >= 15 is 0 Å². The molecule has 6 heteroatoms. The number of hydrogen-bond donors (Lipinski definition) is 1. The van der Waals surface area contributed by atoms with E-state index in [1.807, 2.05) is 0 Å². The molecule has 0 fully saturated rings. The van der Waals surface area contributed by atoms with Crippen LogP contribution in [0.4, 0.5) is 0 Å². The van der Waals surface area contributed by atoms with Gasteiger partial charge in [-0.25, -0.2) is 8.42 Å². The van der Waals surface area contributed by atoms with Crippen LogP contribution >= 0.6 is 0 Å². The summed E-state index contributed by atoms with van der Waals surface area (Å²) in [7, 11) is -4.05. The van der Waals surface area contributed by atoms with Gasteiger partial charge < -0.3 is 10.3 Å². The second-order valence-corrected chi connectivity index (χ2v) is 2.57. The third kappa shape index (κ3) is 10.5. The molecule has 0 heterocycles. The Kier molecular flexibility index (Phi) is 8.09. The maximum atomic E-state index is 9.60. The van der Waals surface area contributed by atoms with E-state index in [0.717, 1.165) is 0 Å². The van der Waals surface area contributed by atoms with Gasteiger partial charge in [-0.15, -0.1) is 0 Å². The summed E-state index contributed by atoms with van der Waals surface area (Å²) in [5, 5.41) is 0. The summed E-state index contributed by atoms with van der Waals surface area (Å²) in [4.78, 5) is 0. The van der Waals surface area contributed by atoms with Gasteiger partial charge in [0.15, 0.2) is 0 Å². The number of rotatable bonds is 2. The fourth-order valence-electron chi connectivity index (χ4n) is 0.144. The second kappa shape index (κ2) is 5.30.